The van der Waals surface area contributed by atoms with E-state index in [0.717, 1.165) is 16.5 Å². The Morgan fingerprint density at radius 2 is 1.80 bits per heavy atom. The first-order valence-electron chi connectivity index (χ1n) is 7.72. The minimum absolute atomic E-state index is 0.306. The van der Waals surface area contributed by atoms with Crippen molar-refractivity contribution >= 4 is 40.1 Å². The number of pyridine rings is 1. The van der Waals surface area contributed by atoms with Crippen molar-refractivity contribution in [1.29, 1.82) is 0 Å². The average molecular weight is 375 g/mol. The van der Waals surface area contributed by atoms with Crippen LogP contribution in [0.15, 0.2) is 48.5 Å². The molecule has 6 heteroatoms. The van der Waals surface area contributed by atoms with Crippen LogP contribution in [0.2, 0.25) is 10.0 Å². The van der Waals surface area contributed by atoms with Gasteiger partial charge in [-0.05, 0) is 35.9 Å². The number of rotatable bonds is 4. The molecule has 0 saturated heterocycles. The summed E-state index contributed by atoms with van der Waals surface area (Å²) in [6, 6.07) is 13.7. The van der Waals surface area contributed by atoms with Crippen molar-refractivity contribution in [3.8, 4) is 11.3 Å². The predicted octanol–water partition coefficient (Wildman–Crippen LogP) is 4.72. The standard InChI is InChI=1S/C19H16Cl2N2O2/c1-10(18(22)19(24)25)11-5-7-15-12(9-11)6-8-16(23-15)17-13(20)3-2-4-14(17)21/h2-10,18H,22H2,1H3,(H,24,25)/t10?,18-/m0/s1. The molecule has 0 fully saturated rings. The van der Waals surface area contributed by atoms with Gasteiger partial charge in [-0.3, -0.25) is 4.79 Å². The van der Waals surface area contributed by atoms with Gasteiger partial charge >= 0.3 is 5.97 Å². The molecule has 0 aliphatic heterocycles. The Morgan fingerprint density at radius 1 is 1.12 bits per heavy atom. The van der Waals surface area contributed by atoms with E-state index in [0.29, 0.717) is 21.3 Å². The molecule has 3 rings (SSSR count). The summed E-state index contributed by atoms with van der Waals surface area (Å²) in [4.78, 5) is 15.7. The molecule has 0 aliphatic carbocycles. The zero-order chi connectivity index (χ0) is 18.1. The van der Waals surface area contributed by atoms with Crippen molar-refractivity contribution in [1.82, 2.24) is 4.98 Å². The smallest absolute Gasteiger partial charge is 0.321 e. The summed E-state index contributed by atoms with van der Waals surface area (Å²) in [6.07, 6.45) is 0. The molecule has 1 aromatic heterocycles. The van der Waals surface area contributed by atoms with Crippen LogP contribution in [0.1, 0.15) is 18.4 Å². The number of carboxylic acids is 1. The van der Waals surface area contributed by atoms with E-state index in [9.17, 15) is 4.79 Å². The number of nitrogens with two attached hydrogens (primary N) is 1. The summed E-state index contributed by atoms with van der Waals surface area (Å²) in [5, 5.41) is 11.1. The molecule has 0 saturated carbocycles. The van der Waals surface area contributed by atoms with Crippen molar-refractivity contribution in [2.45, 2.75) is 18.9 Å². The predicted molar refractivity (Wildman–Crippen MR) is 101 cm³/mol. The number of fused-ring (bicyclic) bond motifs is 1. The number of carbonyl (C=O) groups is 1. The Bertz CT molecular complexity index is 939. The van der Waals surface area contributed by atoms with E-state index in [1.807, 2.05) is 30.3 Å². The van der Waals surface area contributed by atoms with E-state index in [2.05, 4.69) is 4.98 Å². The Kier molecular flexibility index (Phi) is 4.95. The van der Waals surface area contributed by atoms with Gasteiger partial charge in [0.05, 0.1) is 21.3 Å². The summed E-state index contributed by atoms with van der Waals surface area (Å²) in [7, 11) is 0. The summed E-state index contributed by atoms with van der Waals surface area (Å²) in [6.45, 7) is 1.80. The molecular formula is C19H16Cl2N2O2. The van der Waals surface area contributed by atoms with E-state index >= 15 is 0 Å². The molecule has 1 heterocycles. The fourth-order valence-corrected chi connectivity index (χ4v) is 3.32. The number of benzene rings is 2. The van der Waals surface area contributed by atoms with E-state index in [1.54, 1.807) is 25.1 Å². The van der Waals surface area contributed by atoms with Crippen LogP contribution in [0.25, 0.3) is 22.2 Å². The number of hydrogen-bond acceptors (Lipinski definition) is 3. The SMILES string of the molecule is CC(c1ccc2nc(-c3c(Cl)cccc3Cl)ccc2c1)[C@H](N)C(=O)O. The van der Waals surface area contributed by atoms with Gasteiger partial charge in [0.25, 0.3) is 0 Å². The first kappa shape index (κ1) is 17.7. The summed E-state index contributed by atoms with van der Waals surface area (Å²) in [5.41, 5.74) is 8.73. The second-order valence-electron chi connectivity index (χ2n) is 5.90. The molecule has 2 atom stereocenters. The van der Waals surface area contributed by atoms with Gasteiger partial charge in [0, 0.05) is 16.9 Å². The average Bonchev–Trinajstić information content (AvgIpc) is 2.59. The molecule has 0 amide bonds. The second kappa shape index (κ2) is 7.00. The van der Waals surface area contributed by atoms with Gasteiger partial charge in [-0.25, -0.2) is 4.98 Å². The Morgan fingerprint density at radius 3 is 2.44 bits per heavy atom. The second-order valence-corrected chi connectivity index (χ2v) is 6.71. The Labute approximate surface area is 155 Å². The van der Waals surface area contributed by atoms with Crippen molar-refractivity contribution in [3.63, 3.8) is 0 Å². The fourth-order valence-electron chi connectivity index (χ4n) is 2.73. The van der Waals surface area contributed by atoms with Gasteiger partial charge in [0.2, 0.25) is 0 Å². The minimum atomic E-state index is -1.02. The van der Waals surface area contributed by atoms with Crippen LogP contribution < -0.4 is 5.73 Å². The summed E-state index contributed by atoms with van der Waals surface area (Å²) in [5.74, 6) is -1.32. The van der Waals surface area contributed by atoms with Crippen molar-refractivity contribution < 1.29 is 9.90 Å². The first-order chi connectivity index (χ1) is 11.9. The van der Waals surface area contributed by atoms with E-state index in [4.69, 9.17) is 34.0 Å². The Balaban J connectivity index is 2.03. The maximum Gasteiger partial charge on any atom is 0.321 e. The van der Waals surface area contributed by atoms with Crippen LogP contribution in [-0.4, -0.2) is 22.1 Å². The largest absolute Gasteiger partial charge is 0.480 e. The zero-order valence-corrected chi connectivity index (χ0v) is 14.9. The van der Waals surface area contributed by atoms with Gasteiger partial charge in [-0.15, -0.1) is 0 Å². The molecule has 0 radical (unpaired) electrons. The van der Waals surface area contributed by atoms with Gasteiger partial charge < -0.3 is 10.8 Å². The van der Waals surface area contributed by atoms with Crippen molar-refractivity contribution in [2.24, 2.45) is 5.73 Å². The third kappa shape index (κ3) is 3.47. The summed E-state index contributed by atoms with van der Waals surface area (Å²) >= 11 is 12.5. The van der Waals surface area contributed by atoms with Crippen LogP contribution in [0.4, 0.5) is 0 Å². The summed E-state index contributed by atoms with van der Waals surface area (Å²) < 4.78 is 0. The number of carboxylic acid groups (broad SMARTS) is 1. The molecule has 0 spiro atoms. The number of aliphatic carboxylic acids is 1. The highest BCUT2D eigenvalue weighted by atomic mass is 35.5. The molecule has 0 bridgehead atoms. The van der Waals surface area contributed by atoms with Crippen molar-refractivity contribution in [2.75, 3.05) is 0 Å². The number of hydrogen-bond donors (Lipinski definition) is 2. The maximum absolute atomic E-state index is 11.1. The fraction of sp³-hybridized carbons (Fsp3) is 0.158. The topological polar surface area (TPSA) is 76.2 Å². The quantitative estimate of drug-likeness (QED) is 0.692. The number of aromatic nitrogens is 1. The lowest BCUT2D eigenvalue weighted by molar-refractivity contribution is -0.139. The zero-order valence-electron chi connectivity index (χ0n) is 13.4. The normalized spacial score (nSPS) is 13.6. The first-order valence-corrected chi connectivity index (χ1v) is 8.47. The molecule has 128 valence electrons. The lowest BCUT2D eigenvalue weighted by atomic mass is 9.93. The molecule has 3 N–H and O–H groups in total. The highest BCUT2D eigenvalue weighted by Gasteiger charge is 2.21. The highest BCUT2D eigenvalue weighted by Crippen LogP contribution is 2.34. The molecule has 1 unspecified atom stereocenters. The number of nitrogens with zero attached hydrogens (tertiary/aromatic N) is 1. The highest BCUT2D eigenvalue weighted by molar-refractivity contribution is 6.39. The third-order valence-corrected chi connectivity index (χ3v) is 4.91. The Hall–Kier alpha value is -2.14. The van der Waals surface area contributed by atoms with Crippen LogP contribution in [-0.2, 0) is 4.79 Å². The molecule has 3 aromatic rings. The molecular weight excluding hydrogens is 359 g/mol. The molecule has 25 heavy (non-hydrogen) atoms. The van der Waals surface area contributed by atoms with E-state index in [1.165, 1.54) is 0 Å². The van der Waals surface area contributed by atoms with E-state index in [-0.39, 0.29) is 5.92 Å². The molecule has 2 aromatic carbocycles. The number of halogens is 2. The third-order valence-electron chi connectivity index (χ3n) is 4.28. The lowest BCUT2D eigenvalue weighted by Gasteiger charge is -2.17. The molecule has 0 aliphatic rings. The lowest BCUT2D eigenvalue weighted by Crippen LogP contribution is -2.35. The minimum Gasteiger partial charge on any atom is -0.480 e. The van der Waals surface area contributed by atoms with Crippen LogP contribution in [0.3, 0.4) is 0 Å². The van der Waals surface area contributed by atoms with Gasteiger partial charge in [-0.1, -0.05) is 48.3 Å². The van der Waals surface area contributed by atoms with E-state index < -0.39 is 12.0 Å². The van der Waals surface area contributed by atoms with Crippen LogP contribution in [0, 0.1) is 0 Å². The monoisotopic (exact) mass is 374 g/mol. The maximum atomic E-state index is 11.1. The van der Waals surface area contributed by atoms with Gasteiger partial charge in [0.1, 0.15) is 6.04 Å². The molecule has 4 nitrogen and oxygen atoms in total. The van der Waals surface area contributed by atoms with Crippen LogP contribution in [0.5, 0.6) is 0 Å². The van der Waals surface area contributed by atoms with Crippen molar-refractivity contribution in [3.05, 3.63) is 64.1 Å². The van der Waals surface area contributed by atoms with Gasteiger partial charge in [0.15, 0.2) is 0 Å². The van der Waals surface area contributed by atoms with Gasteiger partial charge in [-0.2, -0.15) is 0 Å². The van der Waals surface area contributed by atoms with Crippen LogP contribution >= 0.6 is 23.2 Å².